The molecular weight excluding hydrogens is 394 g/mol. The van der Waals surface area contributed by atoms with Gasteiger partial charge in [-0.25, -0.2) is 4.79 Å². The molecule has 2 N–H and O–H groups in total. The number of aliphatic carboxylic acids is 1. The Morgan fingerprint density at radius 2 is 1.35 bits per heavy atom. The zero-order valence-corrected chi connectivity index (χ0v) is 17.1. The maximum absolute atomic E-state index is 12.1. The summed E-state index contributed by atoms with van der Waals surface area (Å²) in [5.41, 5.74) is 2.79. The molecule has 0 fully saturated rings. The summed E-state index contributed by atoms with van der Waals surface area (Å²) in [4.78, 5) is 23.7. The number of ether oxygens (including phenoxy) is 2. The molecule has 0 heterocycles. The Morgan fingerprint density at radius 3 is 1.94 bits per heavy atom. The van der Waals surface area contributed by atoms with E-state index in [4.69, 9.17) is 9.47 Å². The number of amides is 1. The zero-order chi connectivity index (χ0) is 21.9. The van der Waals surface area contributed by atoms with Gasteiger partial charge in [-0.3, -0.25) is 4.79 Å². The number of carboxylic acid groups (broad SMARTS) is 1. The maximum atomic E-state index is 12.1. The second kappa shape index (κ2) is 11.5. The summed E-state index contributed by atoms with van der Waals surface area (Å²) in [5, 5.41) is 12.0. The first-order chi connectivity index (χ1) is 15.1. The van der Waals surface area contributed by atoms with Gasteiger partial charge in [-0.2, -0.15) is 0 Å². The van der Waals surface area contributed by atoms with Crippen molar-refractivity contribution in [1.29, 1.82) is 0 Å². The second-order valence-electron chi connectivity index (χ2n) is 7.06. The van der Waals surface area contributed by atoms with Crippen molar-refractivity contribution in [2.45, 2.75) is 25.7 Å². The summed E-state index contributed by atoms with van der Waals surface area (Å²) in [6.07, 6.45) is 0.165. The molecule has 0 bridgehead atoms. The van der Waals surface area contributed by atoms with Crippen LogP contribution in [0.15, 0.2) is 84.9 Å². The van der Waals surface area contributed by atoms with Crippen LogP contribution >= 0.6 is 0 Å². The molecule has 0 spiro atoms. The highest BCUT2D eigenvalue weighted by Crippen LogP contribution is 2.15. The Balaban J connectivity index is 1.46. The molecule has 160 valence electrons. The summed E-state index contributed by atoms with van der Waals surface area (Å²) in [6, 6.07) is 25.4. The van der Waals surface area contributed by atoms with Crippen LogP contribution < -0.4 is 10.1 Å². The Kier molecular flexibility index (Phi) is 8.20. The van der Waals surface area contributed by atoms with E-state index in [2.05, 4.69) is 5.32 Å². The lowest BCUT2D eigenvalue weighted by molar-refractivity contribution is -0.142. The molecule has 31 heavy (non-hydrogen) atoms. The molecular formula is C25H25NO5. The fourth-order valence-electron chi connectivity index (χ4n) is 2.97. The first kappa shape index (κ1) is 22.1. The van der Waals surface area contributed by atoms with Crippen molar-refractivity contribution in [2.75, 3.05) is 6.61 Å². The van der Waals surface area contributed by atoms with Gasteiger partial charge in [-0.05, 0) is 28.8 Å². The third-order valence-corrected chi connectivity index (χ3v) is 4.59. The van der Waals surface area contributed by atoms with Crippen molar-refractivity contribution in [1.82, 2.24) is 5.32 Å². The number of rotatable bonds is 11. The van der Waals surface area contributed by atoms with Crippen molar-refractivity contribution >= 4 is 11.9 Å². The number of carbonyl (C=O) groups is 2. The van der Waals surface area contributed by atoms with E-state index in [0.29, 0.717) is 12.4 Å². The largest absolute Gasteiger partial charge is 0.489 e. The molecule has 0 saturated heterocycles. The van der Waals surface area contributed by atoms with Gasteiger partial charge in [0, 0.05) is 6.42 Å². The summed E-state index contributed by atoms with van der Waals surface area (Å²) in [7, 11) is 0. The predicted octanol–water partition coefficient (Wildman–Crippen LogP) is 3.59. The van der Waals surface area contributed by atoms with Gasteiger partial charge in [0.2, 0.25) is 5.91 Å². The fraction of sp³-hybridized carbons (Fsp3) is 0.200. The normalized spacial score (nSPS) is 11.5. The molecule has 1 atom stereocenters. The average Bonchev–Trinajstić information content (AvgIpc) is 2.79. The molecule has 0 radical (unpaired) electrons. The van der Waals surface area contributed by atoms with Crippen LogP contribution in [0.5, 0.6) is 5.75 Å². The van der Waals surface area contributed by atoms with Crippen LogP contribution in [0.1, 0.15) is 16.7 Å². The molecule has 0 aliphatic carbocycles. The number of nitrogens with one attached hydrogen (secondary N) is 1. The molecule has 3 rings (SSSR count). The van der Waals surface area contributed by atoms with Crippen molar-refractivity contribution in [3.05, 3.63) is 102 Å². The van der Waals surface area contributed by atoms with E-state index < -0.39 is 17.9 Å². The van der Waals surface area contributed by atoms with Crippen molar-refractivity contribution in [3.63, 3.8) is 0 Å². The number of benzene rings is 3. The molecule has 0 aliphatic rings. The highest BCUT2D eigenvalue weighted by molar-refractivity contribution is 5.84. The number of carbonyl (C=O) groups excluding carboxylic acids is 1. The molecule has 6 heteroatoms. The van der Waals surface area contributed by atoms with Gasteiger partial charge in [0.1, 0.15) is 25.0 Å². The Bertz CT molecular complexity index is 958. The van der Waals surface area contributed by atoms with E-state index in [1.54, 1.807) is 24.3 Å². The molecule has 0 aromatic heterocycles. The monoisotopic (exact) mass is 419 g/mol. The van der Waals surface area contributed by atoms with Gasteiger partial charge >= 0.3 is 5.97 Å². The predicted molar refractivity (Wildman–Crippen MR) is 117 cm³/mol. The van der Waals surface area contributed by atoms with E-state index >= 15 is 0 Å². The number of hydrogen-bond acceptors (Lipinski definition) is 4. The molecule has 0 unspecified atom stereocenters. The van der Waals surface area contributed by atoms with Crippen LogP contribution in [0.2, 0.25) is 0 Å². The van der Waals surface area contributed by atoms with Crippen LogP contribution in [-0.2, 0) is 34.0 Å². The lowest BCUT2D eigenvalue weighted by atomic mass is 10.1. The van der Waals surface area contributed by atoms with E-state index in [9.17, 15) is 14.7 Å². The molecule has 0 saturated carbocycles. The molecule has 0 aliphatic heterocycles. The van der Waals surface area contributed by atoms with Crippen molar-refractivity contribution in [2.24, 2.45) is 0 Å². The fourth-order valence-corrected chi connectivity index (χ4v) is 2.97. The van der Waals surface area contributed by atoms with Crippen molar-refractivity contribution in [3.8, 4) is 5.75 Å². The van der Waals surface area contributed by atoms with Crippen molar-refractivity contribution < 1.29 is 24.2 Å². The smallest absolute Gasteiger partial charge is 0.326 e. The molecule has 6 nitrogen and oxygen atoms in total. The maximum Gasteiger partial charge on any atom is 0.326 e. The third kappa shape index (κ3) is 7.60. The SMILES string of the molecule is O=C(COCc1ccccc1)N[C@H](Cc1ccc(OCc2ccccc2)cc1)C(=O)O. The lowest BCUT2D eigenvalue weighted by Gasteiger charge is -2.15. The summed E-state index contributed by atoms with van der Waals surface area (Å²) < 4.78 is 11.1. The van der Waals surface area contributed by atoms with E-state index in [0.717, 1.165) is 16.7 Å². The first-order valence-corrected chi connectivity index (χ1v) is 9.99. The van der Waals surface area contributed by atoms with Gasteiger partial charge in [0.25, 0.3) is 0 Å². The highest BCUT2D eigenvalue weighted by Gasteiger charge is 2.20. The molecule has 3 aromatic carbocycles. The standard InChI is InChI=1S/C25H25NO5/c27-24(18-30-16-20-7-3-1-4-8-20)26-23(25(28)29)15-19-11-13-22(14-12-19)31-17-21-9-5-2-6-10-21/h1-14,23H,15-18H2,(H,26,27)(H,28,29)/t23-/m1/s1. The van der Waals surface area contributed by atoms with Gasteiger partial charge in [-0.15, -0.1) is 0 Å². The molecule has 1 amide bonds. The Morgan fingerprint density at radius 1 is 0.774 bits per heavy atom. The minimum absolute atomic E-state index is 0.165. The minimum Gasteiger partial charge on any atom is -0.489 e. The molecule has 3 aromatic rings. The quantitative estimate of drug-likeness (QED) is 0.496. The second-order valence-corrected chi connectivity index (χ2v) is 7.06. The van der Waals surface area contributed by atoms with E-state index in [1.165, 1.54) is 0 Å². The van der Waals surface area contributed by atoms with Gasteiger partial charge in [-0.1, -0.05) is 72.8 Å². The third-order valence-electron chi connectivity index (χ3n) is 4.59. The summed E-state index contributed by atoms with van der Waals surface area (Å²) in [6.45, 7) is 0.540. The zero-order valence-electron chi connectivity index (χ0n) is 17.1. The van der Waals surface area contributed by atoms with Crippen LogP contribution in [-0.4, -0.2) is 29.6 Å². The average molecular weight is 419 g/mol. The van der Waals surface area contributed by atoms with Crippen LogP contribution in [0.4, 0.5) is 0 Å². The topological polar surface area (TPSA) is 84.9 Å². The van der Waals surface area contributed by atoms with Gasteiger partial charge in [0.15, 0.2) is 0 Å². The first-order valence-electron chi connectivity index (χ1n) is 9.99. The summed E-state index contributed by atoms with van der Waals surface area (Å²) >= 11 is 0. The summed E-state index contributed by atoms with van der Waals surface area (Å²) in [5.74, 6) is -0.871. The van der Waals surface area contributed by atoms with Gasteiger partial charge in [0.05, 0.1) is 6.61 Å². The lowest BCUT2D eigenvalue weighted by Crippen LogP contribution is -2.43. The van der Waals surface area contributed by atoms with Crippen LogP contribution in [0, 0.1) is 0 Å². The number of hydrogen-bond donors (Lipinski definition) is 2. The highest BCUT2D eigenvalue weighted by atomic mass is 16.5. The van der Waals surface area contributed by atoms with Gasteiger partial charge < -0.3 is 19.9 Å². The minimum atomic E-state index is -1.10. The Hall–Kier alpha value is -3.64. The van der Waals surface area contributed by atoms with Crippen LogP contribution in [0.3, 0.4) is 0 Å². The Labute approximate surface area is 181 Å². The van der Waals surface area contributed by atoms with E-state index in [-0.39, 0.29) is 19.6 Å². The van der Waals surface area contributed by atoms with Crippen LogP contribution in [0.25, 0.3) is 0 Å². The number of carboxylic acids is 1. The van der Waals surface area contributed by atoms with E-state index in [1.807, 2.05) is 60.7 Å².